The van der Waals surface area contributed by atoms with Gasteiger partial charge in [-0.25, -0.2) is 0 Å². The van der Waals surface area contributed by atoms with Gasteiger partial charge in [0.2, 0.25) is 0 Å². The minimum Gasteiger partial charge on any atom is -0.496 e. The summed E-state index contributed by atoms with van der Waals surface area (Å²) in [6.45, 7) is 12.7. The van der Waals surface area contributed by atoms with E-state index >= 15 is 4.79 Å². The number of nitrogens with one attached hydrogen (secondary N) is 1. The van der Waals surface area contributed by atoms with Gasteiger partial charge in [0.15, 0.2) is 17.5 Å². The molecule has 10 heteroatoms. The zero-order valence-corrected chi connectivity index (χ0v) is 33.2. The first kappa shape index (κ1) is 36.4. The molecule has 2 aromatic carbocycles. The second kappa shape index (κ2) is 12.4. The van der Waals surface area contributed by atoms with Gasteiger partial charge >= 0.3 is 5.97 Å². The molecule has 55 heavy (non-hydrogen) atoms. The molecule has 5 aliphatic heterocycles. The molecule has 6 heterocycles. The normalized spacial score (nSPS) is 35.9. The molecule has 2 fully saturated rings. The van der Waals surface area contributed by atoms with Crippen LogP contribution in [0.2, 0.25) is 0 Å². The van der Waals surface area contributed by atoms with E-state index in [-0.39, 0.29) is 17.7 Å². The van der Waals surface area contributed by atoms with Crippen molar-refractivity contribution in [3.63, 3.8) is 0 Å². The largest absolute Gasteiger partial charge is 0.496 e. The molecule has 0 amide bonds. The van der Waals surface area contributed by atoms with Gasteiger partial charge in [0.05, 0.1) is 18.6 Å². The molecule has 1 saturated heterocycles. The van der Waals surface area contributed by atoms with Crippen LogP contribution in [0.4, 0.5) is 5.69 Å². The van der Waals surface area contributed by atoms with Crippen LogP contribution in [0.15, 0.2) is 60.2 Å². The highest BCUT2D eigenvalue weighted by atomic mass is 16.6. The highest BCUT2D eigenvalue weighted by Crippen LogP contribution is 2.68. The molecule has 1 spiro atoms. The van der Waals surface area contributed by atoms with Gasteiger partial charge in [0.25, 0.3) is 0 Å². The summed E-state index contributed by atoms with van der Waals surface area (Å²) in [5, 5.41) is 14.3. The number of ether oxygens (including phenoxy) is 2. The van der Waals surface area contributed by atoms with Crippen LogP contribution in [0.1, 0.15) is 82.7 Å². The molecule has 9 atom stereocenters. The second-order valence-electron chi connectivity index (χ2n) is 17.3. The van der Waals surface area contributed by atoms with Crippen molar-refractivity contribution in [1.82, 2.24) is 14.8 Å². The fraction of sp³-hybridized carbons (Fsp3) is 0.533. The summed E-state index contributed by atoms with van der Waals surface area (Å²) in [4.78, 5) is 52.9. The molecular weight excluding hydrogens is 693 g/mol. The zero-order valence-electron chi connectivity index (χ0n) is 33.2. The number of likely N-dealkylation sites (N-methyl/N-ethyl adjacent to an activating group) is 1. The van der Waals surface area contributed by atoms with E-state index in [1.807, 2.05) is 24.1 Å². The monoisotopic (exact) mass is 746 g/mol. The Balaban J connectivity index is 1.36. The predicted molar refractivity (Wildman–Crippen MR) is 211 cm³/mol. The first-order chi connectivity index (χ1) is 26.3. The lowest BCUT2D eigenvalue weighted by atomic mass is 9.47. The Labute approximate surface area is 323 Å². The van der Waals surface area contributed by atoms with Crippen LogP contribution in [0.5, 0.6) is 5.75 Å². The number of carbonyl (C=O) groups is 3. The van der Waals surface area contributed by atoms with Gasteiger partial charge < -0.3 is 24.5 Å². The Morgan fingerprint density at radius 1 is 1.02 bits per heavy atom. The van der Waals surface area contributed by atoms with Crippen LogP contribution >= 0.6 is 0 Å². The van der Waals surface area contributed by atoms with Gasteiger partial charge in [-0.3, -0.25) is 24.2 Å². The van der Waals surface area contributed by atoms with Crippen molar-refractivity contribution >= 4 is 34.1 Å². The summed E-state index contributed by atoms with van der Waals surface area (Å²) >= 11 is 0. The molecule has 1 aliphatic carbocycles. The molecule has 2 unspecified atom stereocenters. The number of methoxy groups -OCH3 is 1. The maximum absolute atomic E-state index is 15.0. The number of hydrogen-bond donors (Lipinski definition) is 2. The van der Waals surface area contributed by atoms with Gasteiger partial charge in [-0.1, -0.05) is 55.8 Å². The highest BCUT2D eigenvalue weighted by Gasteiger charge is 2.79. The minimum absolute atomic E-state index is 0.0415. The van der Waals surface area contributed by atoms with E-state index in [0.717, 1.165) is 71.6 Å². The number of fused-ring (bicyclic) bond motifs is 6. The van der Waals surface area contributed by atoms with E-state index in [9.17, 15) is 14.7 Å². The highest BCUT2D eigenvalue weighted by molar-refractivity contribution is 5.97. The Bertz CT molecular complexity index is 2210. The van der Waals surface area contributed by atoms with Crippen LogP contribution in [-0.2, 0) is 36.5 Å². The lowest BCUT2D eigenvalue weighted by Crippen LogP contribution is -2.81. The number of esters is 1. The number of rotatable bonds is 7. The van der Waals surface area contributed by atoms with Crippen molar-refractivity contribution in [3.05, 3.63) is 82.6 Å². The third kappa shape index (κ3) is 4.56. The number of carbonyl (C=O) groups excluding carboxylic acids is 3. The number of Topliss-reactive ketones (excluding diaryl/α,β-unsaturated/α-hetero) is 2. The first-order valence-electron chi connectivity index (χ1n) is 20.1. The van der Waals surface area contributed by atoms with Crippen molar-refractivity contribution in [2.75, 3.05) is 45.2 Å². The van der Waals surface area contributed by atoms with Gasteiger partial charge in [-0.05, 0) is 75.3 Å². The Morgan fingerprint density at radius 3 is 2.49 bits per heavy atom. The number of hydrogen-bond acceptors (Lipinski definition) is 9. The quantitative estimate of drug-likeness (QED) is 0.236. The summed E-state index contributed by atoms with van der Waals surface area (Å²) in [7, 11) is 3.61. The van der Waals surface area contributed by atoms with Gasteiger partial charge in [-0.2, -0.15) is 0 Å². The van der Waals surface area contributed by atoms with Gasteiger partial charge in [-0.15, -0.1) is 0 Å². The van der Waals surface area contributed by atoms with Crippen LogP contribution in [0.3, 0.4) is 0 Å². The molecule has 0 radical (unpaired) electrons. The molecule has 1 saturated carbocycles. The SMILES string of the molecule is CCC1=C[C@@H]2CN(C1)Cc1c([nH]c3ccccc13)[C@@](C(C)=O)(c1cc3c(cc1OC)N(C)[C@@H]1C34CCN3CC=C[C@](CC)([C@H]34)[C@@H](OC(C)=O)[C@]1(O)C(C)=O)C2. The standard InChI is InChI=1S/C45H54N4O6/c1-8-29-19-30-22-44(26(3)50,38-32(25-48(23-29)24-30)31-13-10-11-14-35(31)46-38)34-20-33-36(21-37(34)54-7)47(6)40-43(33)16-18-49-17-12-15-42(9-2,39(43)49)41(55-28(5)52)45(40,53)27(4)51/h10-15,19-21,30,39-41,46,53H,8-9,16-18,22-25H2,1-7H3/t30-,39-,40+,41+,42+,43?,44-,45-/m0/s1. The topological polar surface area (TPSA) is 115 Å². The van der Waals surface area contributed by atoms with E-state index in [2.05, 4.69) is 71.1 Å². The number of benzene rings is 2. The number of anilines is 1. The van der Waals surface area contributed by atoms with E-state index in [0.29, 0.717) is 31.6 Å². The first-order valence-corrected chi connectivity index (χ1v) is 20.1. The molecular formula is C45H54N4O6. The van der Waals surface area contributed by atoms with Crippen LogP contribution in [-0.4, -0.2) is 102 Å². The number of aromatic amines is 1. The second-order valence-corrected chi connectivity index (χ2v) is 17.3. The smallest absolute Gasteiger partial charge is 0.303 e. The van der Waals surface area contributed by atoms with Crippen molar-refractivity contribution in [3.8, 4) is 5.75 Å². The molecule has 2 bridgehead atoms. The van der Waals surface area contributed by atoms with Crippen LogP contribution < -0.4 is 9.64 Å². The Kier molecular flexibility index (Phi) is 8.19. The summed E-state index contributed by atoms with van der Waals surface area (Å²) in [5.74, 6) is -0.198. The average Bonchev–Trinajstić information content (AvgIpc) is 3.81. The molecule has 10 nitrogen and oxygen atoms in total. The third-order valence-electron chi connectivity index (χ3n) is 14.9. The number of para-hydroxylation sites is 1. The summed E-state index contributed by atoms with van der Waals surface area (Å²) < 4.78 is 12.5. The fourth-order valence-corrected chi connectivity index (χ4v) is 12.9. The minimum atomic E-state index is -2.03. The summed E-state index contributed by atoms with van der Waals surface area (Å²) in [6, 6.07) is 11.7. The van der Waals surface area contributed by atoms with E-state index < -0.39 is 45.7 Å². The van der Waals surface area contributed by atoms with E-state index in [4.69, 9.17) is 9.47 Å². The van der Waals surface area contributed by atoms with Gasteiger partial charge in [0, 0.05) is 90.9 Å². The predicted octanol–water partition coefficient (Wildman–Crippen LogP) is 5.59. The lowest BCUT2D eigenvalue weighted by molar-refractivity contribution is -0.215. The van der Waals surface area contributed by atoms with Crippen LogP contribution in [0, 0.1) is 11.3 Å². The van der Waals surface area contributed by atoms with Crippen LogP contribution in [0.25, 0.3) is 10.9 Å². The zero-order chi connectivity index (χ0) is 38.8. The molecule has 1 aromatic heterocycles. The maximum Gasteiger partial charge on any atom is 0.303 e. The number of H-pyrrole nitrogens is 1. The molecule has 2 N–H and O–H groups in total. The Morgan fingerprint density at radius 2 is 1.80 bits per heavy atom. The van der Waals surface area contributed by atoms with Crippen molar-refractivity contribution in [2.45, 2.75) is 101 Å². The summed E-state index contributed by atoms with van der Waals surface area (Å²) in [5.41, 5.74) is 2.39. The number of ketones is 2. The number of aliphatic hydroxyl groups is 1. The van der Waals surface area contributed by atoms with E-state index in [1.165, 1.54) is 19.4 Å². The fourth-order valence-electron chi connectivity index (χ4n) is 12.9. The molecule has 3 aromatic rings. The Hall–Kier alpha value is -4.25. The van der Waals surface area contributed by atoms with Crippen molar-refractivity contribution < 1.29 is 29.0 Å². The molecule has 290 valence electrons. The lowest BCUT2D eigenvalue weighted by Gasteiger charge is -2.64. The molecule has 6 aliphatic rings. The number of nitrogens with zero attached hydrogens (tertiary/aromatic N) is 3. The van der Waals surface area contributed by atoms with Gasteiger partial charge in [0.1, 0.15) is 11.5 Å². The molecule has 9 rings (SSSR count). The summed E-state index contributed by atoms with van der Waals surface area (Å²) in [6.07, 6.45) is 8.29. The number of aromatic nitrogens is 1. The van der Waals surface area contributed by atoms with Crippen molar-refractivity contribution in [2.24, 2.45) is 11.3 Å². The average molecular weight is 747 g/mol. The van der Waals surface area contributed by atoms with Crippen molar-refractivity contribution in [1.29, 1.82) is 0 Å². The maximum atomic E-state index is 15.0. The third-order valence-corrected chi connectivity index (χ3v) is 14.9. The van der Waals surface area contributed by atoms with E-state index in [1.54, 1.807) is 14.0 Å².